The van der Waals surface area contributed by atoms with E-state index in [-0.39, 0.29) is 23.7 Å². The summed E-state index contributed by atoms with van der Waals surface area (Å²) in [5.74, 6) is 2.16. The van der Waals surface area contributed by atoms with Gasteiger partial charge in [0.15, 0.2) is 5.82 Å². The number of halogens is 1. The Balaban J connectivity index is 0.00000192. The molecule has 2 heterocycles. The lowest BCUT2D eigenvalue weighted by Crippen LogP contribution is -2.42. The molecule has 0 radical (unpaired) electrons. The lowest BCUT2D eigenvalue weighted by Gasteiger charge is -2.34. The van der Waals surface area contributed by atoms with Crippen molar-refractivity contribution in [2.45, 2.75) is 57.8 Å². The molecule has 2 fully saturated rings. The van der Waals surface area contributed by atoms with Gasteiger partial charge in [0.05, 0.1) is 0 Å². The van der Waals surface area contributed by atoms with E-state index in [1.54, 1.807) is 0 Å². The standard InChI is InChI=1S/C16H26N4O2.ClH/c1-16(7-9-17-10-8-16)11-18-13(21)3-2-4-14-19-15(20-22-14)12-5-6-12;/h12,17H,2-11H2,1H3,(H,18,21);1H. The molecule has 1 aliphatic heterocycles. The molecule has 0 bridgehead atoms. The third kappa shape index (κ3) is 5.46. The molecule has 0 atom stereocenters. The maximum atomic E-state index is 11.9. The van der Waals surface area contributed by atoms with Crippen molar-refractivity contribution in [2.75, 3.05) is 19.6 Å². The average Bonchev–Trinajstić information content (AvgIpc) is 3.26. The summed E-state index contributed by atoms with van der Waals surface area (Å²) in [6.45, 7) is 5.13. The Hall–Kier alpha value is -1.14. The third-order valence-corrected chi connectivity index (χ3v) is 4.74. The zero-order valence-corrected chi connectivity index (χ0v) is 14.6. The van der Waals surface area contributed by atoms with Crippen molar-refractivity contribution in [1.29, 1.82) is 0 Å². The van der Waals surface area contributed by atoms with Gasteiger partial charge >= 0.3 is 0 Å². The fourth-order valence-electron chi connectivity index (χ4n) is 2.88. The summed E-state index contributed by atoms with van der Waals surface area (Å²) in [5, 5.41) is 10.4. The highest BCUT2D eigenvalue weighted by Crippen LogP contribution is 2.38. The predicted octanol–water partition coefficient (Wildman–Crippen LogP) is 2.20. The van der Waals surface area contributed by atoms with Crippen LogP contribution in [0, 0.1) is 5.41 Å². The summed E-state index contributed by atoms with van der Waals surface area (Å²) in [6, 6.07) is 0. The first-order valence-corrected chi connectivity index (χ1v) is 8.45. The number of carbonyl (C=O) groups is 1. The van der Waals surface area contributed by atoms with E-state index in [9.17, 15) is 4.79 Å². The highest BCUT2D eigenvalue weighted by Gasteiger charge is 2.29. The van der Waals surface area contributed by atoms with Gasteiger partial charge in [-0.05, 0) is 50.6 Å². The monoisotopic (exact) mass is 342 g/mol. The molecule has 23 heavy (non-hydrogen) atoms. The molecule has 1 saturated heterocycles. The fraction of sp³-hybridized carbons (Fsp3) is 0.812. The highest BCUT2D eigenvalue weighted by atomic mass is 35.5. The number of hydrogen-bond donors (Lipinski definition) is 2. The summed E-state index contributed by atoms with van der Waals surface area (Å²) in [5.41, 5.74) is 0.243. The van der Waals surface area contributed by atoms with Crippen LogP contribution in [0.1, 0.15) is 63.1 Å². The van der Waals surface area contributed by atoms with E-state index in [1.165, 1.54) is 12.8 Å². The summed E-state index contributed by atoms with van der Waals surface area (Å²) in [6.07, 6.45) is 6.57. The molecular formula is C16H27ClN4O2. The molecule has 1 aliphatic carbocycles. The van der Waals surface area contributed by atoms with Crippen molar-refractivity contribution in [3.05, 3.63) is 11.7 Å². The van der Waals surface area contributed by atoms with Crippen LogP contribution in [0.25, 0.3) is 0 Å². The van der Waals surface area contributed by atoms with E-state index in [4.69, 9.17) is 4.52 Å². The lowest BCUT2D eigenvalue weighted by atomic mass is 9.81. The second kappa shape index (κ2) is 8.11. The van der Waals surface area contributed by atoms with Crippen LogP contribution in [0.5, 0.6) is 0 Å². The second-order valence-corrected chi connectivity index (χ2v) is 7.01. The number of nitrogens with one attached hydrogen (secondary N) is 2. The van der Waals surface area contributed by atoms with Crippen molar-refractivity contribution < 1.29 is 9.32 Å². The van der Waals surface area contributed by atoms with E-state index in [0.717, 1.165) is 44.7 Å². The molecule has 6 nitrogen and oxygen atoms in total. The number of amides is 1. The minimum Gasteiger partial charge on any atom is -0.356 e. The van der Waals surface area contributed by atoms with Gasteiger partial charge in [-0.15, -0.1) is 12.4 Å². The predicted molar refractivity (Wildman–Crippen MR) is 89.7 cm³/mol. The molecule has 2 aliphatic rings. The van der Waals surface area contributed by atoms with Crippen molar-refractivity contribution in [1.82, 2.24) is 20.8 Å². The van der Waals surface area contributed by atoms with Crippen LogP contribution in [-0.2, 0) is 11.2 Å². The van der Waals surface area contributed by atoms with E-state index in [0.29, 0.717) is 24.7 Å². The van der Waals surface area contributed by atoms with Crippen molar-refractivity contribution in [2.24, 2.45) is 5.41 Å². The van der Waals surface area contributed by atoms with Crippen LogP contribution >= 0.6 is 12.4 Å². The van der Waals surface area contributed by atoms with Crippen LogP contribution in [0.2, 0.25) is 0 Å². The Morgan fingerprint density at radius 3 is 2.83 bits per heavy atom. The largest absolute Gasteiger partial charge is 0.356 e. The molecular weight excluding hydrogens is 316 g/mol. The molecule has 1 aromatic rings. The highest BCUT2D eigenvalue weighted by molar-refractivity contribution is 5.85. The number of carbonyl (C=O) groups excluding carboxylic acids is 1. The Morgan fingerprint density at radius 1 is 1.39 bits per heavy atom. The maximum Gasteiger partial charge on any atom is 0.226 e. The first kappa shape index (κ1) is 18.2. The molecule has 7 heteroatoms. The molecule has 2 N–H and O–H groups in total. The van der Waals surface area contributed by atoms with Gasteiger partial charge in [0.2, 0.25) is 11.8 Å². The zero-order valence-electron chi connectivity index (χ0n) is 13.8. The number of aromatic nitrogens is 2. The minimum absolute atomic E-state index is 0. The van der Waals surface area contributed by atoms with Gasteiger partial charge in [0.1, 0.15) is 0 Å². The third-order valence-electron chi connectivity index (χ3n) is 4.74. The van der Waals surface area contributed by atoms with E-state index < -0.39 is 0 Å². The number of piperidine rings is 1. The smallest absolute Gasteiger partial charge is 0.226 e. The molecule has 1 saturated carbocycles. The van der Waals surface area contributed by atoms with Gasteiger partial charge in [-0.2, -0.15) is 4.98 Å². The van der Waals surface area contributed by atoms with Crippen LogP contribution in [0.15, 0.2) is 4.52 Å². The zero-order chi connectivity index (χ0) is 15.4. The second-order valence-electron chi connectivity index (χ2n) is 7.01. The molecule has 0 spiro atoms. The summed E-state index contributed by atoms with van der Waals surface area (Å²) in [7, 11) is 0. The maximum absolute atomic E-state index is 11.9. The minimum atomic E-state index is 0. The number of rotatable bonds is 7. The normalized spacial score (nSPS) is 19.9. The quantitative estimate of drug-likeness (QED) is 0.794. The van der Waals surface area contributed by atoms with E-state index in [1.807, 2.05) is 0 Å². The molecule has 1 aromatic heterocycles. The van der Waals surface area contributed by atoms with Crippen molar-refractivity contribution in [3.63, 3.8) is 0 Å². The van der Waals surface area contributed by atoms with Gasteiger partial charge in [0.25, 0.3) is 0 Å². The lowest BCUT2D eigenvalue weighted by molar-refractivity contribution is -0.121. The average molecular weight is 343 g/mol. The van der Waals surface area contributed by atoms with Gasteiger partial charge in [-0.3, -0.25) is 4.79 Å². The topological polar surface area (TPSA) is 80.1 Å². The summed E-state index contributed by atoms with van der Waals surface area (Å²) >= 11 is 0. The van der Waals surface area contributed by atoms with E-state index >= 15 is 0 Å². The Bertz CT molecular complexity index is 510. The fourth-order valence-corrected chi connectivity index (χ4v) is 2.88. The number of aryl methyl sites for hydroxylation is 1. The van der Waals surface area contributed by atoms with Crippen LogP contribution in [0.3, 0.4) is 0 Å². The number of nitrogens with zero attached hydrogens (tertiary/aromatic N) is 2. The van der Waals surface area contributed by atoms with E-state index in [2.05, 4.69) is 27.7 Å². The Morgan fingerprint density at radius 2 is 2.13 bits per heavy atom. The molecule has 0 aromatic carbocycles. The van der Waals surface area contributed by atoms with Crippen LogP contribution in [0.4, 0.5) is 0 Å². The van der Waals surface area contributed by atoms with Crippen LogP contribution < -0.4 is 10.6 Å². The SMILES string of the molecule is CC1(CNC(=O)CCCc2nc(C3CC3)no2)CCNCC1.Cl. The van der Waals surface area contributed by atoms with Crippen molar-refractivity contribution in [3.8, 4) is 0 Å². The molecule has 130 valence electrons. The first-order valence-electron chi connectivity index (χ1n) is 8.45. The summed E-state index contributed by atoms with van der Waals surface area (Å²) in [4.78, 5) is 16.3. The molecule has 3 rings (SSSR count). The first-order chi connectivity index (χ1) is 10.6. The Kier molecular flexibility index (Phi) is 6.41. The van der Waals surface area contributed by atoms with Crippen LogP contribution in [-0.4, -0.2) is 35.7 Å². The van der Waals surface area contributed by atoms with Crippen molar-refractivity contribution >= 4 is 18.3 Å². The van der Waals surface area contributed by atoms with Gasteiger partial charge in [-0.1, -0.05) is 12.1 Å². The molecule has 0 unspecified atom stereocenters. The Labute approximate surface area is 143 Å². The van der Waals surface area contributed by atoms with Gasteiger partial charge < -0.3 is 15.2 Å². The molecule has 1 amide bonds. The number of hydrogen-bond acceptors (Lipinski definition) is 5. The van der Waals surface area contributed by atoms with Gasteiger partial charge in [-0.25, -0.2) is 0 Å². The van der Waals surface area contributed by atoms with Gasteiger partial charge in [0, 0.05) is 25.3 Å². The summed E-state index contributed by atoms with van der Waals surface area (Å²) < 4.78 is 5.22.